The number of carbonyl (C=O) groups is 1. The highest BCUT2D eigenvalue weighted by Crippen LogP contribution is 2.00. The van der Waals surface area contributed by atoms with E-state index in [1.807, 2.05) is 6.92 Å². The fourth-order valence-corrected chi connectivity index (χ4v) is 1.25. The van der Waals surface area contributed by atoms with Gasteiger partial charge in [0.2, 0.25) is 5.91 Å². The summed E-state index contributed by atoms with van der Waals surface area (Å²) in [4.78, 5) is 11.0. The molecule has 0 aliphatic rings. The Morgan fingerprint density at radius 3 is 2.50 bits per heavy atom. The number of hydrogen-bond donors (Lipinski definition) is 1. The zero-order valence-electron chi connectivity index (χ0n) is 9.51. The smallest absolute Gasteiger partial charge is 0.220 e. The average Bonchev–Trinajstić information content (AvgIpc) is 2.17. The molecule has 0 aliphatic carbocycles. The zero-order chi connectivity index (χ0) is 10.6. The summed E-state index contributed by atoms with van der Waals surface area (Å²) < 4.78 is 0. The van der Waals surface area contributed by atoms with Crippen LogP contribution < -0.4 is 5.32 Å². The van der Waals surface area contributed by atoms with Crippen LogP contribution >= 0.6 is 0 Å². The second-order valence-corrected chi connectivity index (χ2v) is 3.46. The first-order valence-electron chi connectivity index (χ1n) is 5.73. The Hall–Kier alpha value is -0.790. The standard InChI is InChI=1S/C12H23NO/c1-3-5-6-7-8-9-10-11-12(14)13-4-2/h8-9H,3-7,10-11H2,1-2H3,(H,13,14)/b9-8-. The highest BCUT2D eigenvalue weighted by Gasteiger charge is 1.94. The summed E-state index contributed by atoms with van der Waals surface area (Å²) in [7, 11) is 0. The molecule has 0 aromatic carbocycles. The molecule has 0 radical (unpaired) electrons. The zero-order valence-corrected chi connectivity index (χ0v) is 9.51. The van der Waals surface area contributed by atoms with Crippen molar-refractivity contribution in [3.8, 4) is 0 Å². The molecule has 0 saturated carbocycles. The first-order valence-corrected chi connectivity index (χ1v) is 5.73. The Bertz CT molecular complexity index is 164. The third-order valence-electron chi connectivity index (χ3n) is 2.05. The van der Waals surface area contributed by atoms with E-state index < -0.39 is 0 Å². The molecule has 0 aromatic heterocycles. The van der Waals surface area contributed by atoms with E-state index in [-0.39, 0.29) is 5.91 Å². The van der Waals surface area contributed by atoms with Gasteiger partial charge in [0.1, 0.15) is 0 Å². The van der Waals surface area contributed by atoms with Crippen molar-refractivity contribution < 1.29 is 4.79 Å². The number of allylic oxidation sites excluding steroid dienone is 2. The van der Waals surface area contributed by atoms with E-state index in [0.717, 1.165) is 19.4 Å². The number of carbonyl (C=O) groups excluding carboxylic acids is 1. The Balaban J connectivity index is 3.21. The lowest BCUT2D eigenvalue weighted by molar-refractivity contribution is -0.120. The molecule has 14 heavy (non-hydrogen) atoms. The van der Waals surface area contributed by atoms with Crippen molar-refractivity contribution in [2.75, 3.05) is 6.54 Å². The van der Waals surface area contributed by atoms with Crippen molar-refractivity contribution in [2.45, 2.75) is 52.4 Å². The second-order valence-electron chi connectivity index (χ2n) is 3.46. The maximum atomic E-state index is 11.0. The molecule has 0 atom stereocenters. The molecular formula is C12H23NO. The molecule has 2 nitrogen and oxygen atoms in total. The third kappa shape index (κ3) is 9.30. The Morgan fingerprint density at radius 1 is 1.14 bits per heavy atom. The monoisotopic (exact) mass is 197 g/mol. The van der Waals surface area contributed by atoms with Crippen molar-refractivity contribution in [3.05, 3.63) is 12.2 Å². The maximum absolute atomic E-state index is 11.0. The van der Waals surface area contributed by atoms with E-state index >= 15 is 0 Å². The molecule has 0 heterocycles. The summed E-state index contributed by atoms with van der Waals surface area (Å²) in [5.41, 5.74) is 0. The van der Waals surface area contributed by atoms with E-state index in [4.69, 9.17) is 0 Å². The number of amides is 1. The predicted octanol–water partition coefficient (Wildman–Crippen LogP) is 3.04. The van der Waals surface area contributed by atoms with Crippen molar-refractivity contribution in [1.29, 1.82) is 0 Å². The molecule has 82 valence electrons. The molecule has 0 spiro atoms. The van der Waals surface area contributed by atoms with E-state index in [1.165, 1.54) is 19.3 Å². The first-order chi connectivity index (χ1) is 6.81. The van der Waals surface area contributed by atoms with Crippen LogP contribution in [0.5, 0.6) is 0 Å². The molecule has 0 fully saturated rings. The lowest BCUT2D eigenvalue weighted by atomic mass is 10.2. The summed E-state index contributed by atoms with van der Waals surface area (Å²) >= 11 is 0. The average molecular weight is 197 g/mol. The van der Waals surface area contributed by atoms with Gasteiger partial charge in [-0.1, -0.05) is 31.9 Å². The molecular weight excluding hydrogens is 174 g/mol. The van der Waals surface area contributed by atoms with Crippen LogP contribution in [0.15, 0.2) is 12.2 Å². The number of rotatable bonds is 8. The van der Waals surface area contributed by atoms with Crippen LogP contribution in [0.2, 0.25) is 0 Å². The van der Waals surface area contributed by atoms with Crippen LogP contribution in [-0.2, 0) is 4.79 Å². The van der Waals surface area contributed by atoms with Gasteiger partial charge in [0, 0.05) is 13.0 Å². The van der Waals surface area contributed by atoms with Gasteiger partial charge in [-0.3, -0.25) is 4.79 Å². The molecule has 1 amide bonds. The van der Waals surface area contributed by atoms with Gasteiger partial charge in [-0.2, -0.15) is 0 Å². The largest absolute Gasteiger partial charge is 0.356 e. The van der Waals surface area contributed by atoms with Gasteiger partial charge in [-0.15, -0.1) is 0 Å². The minimum absolute atomic E-state index is 0.158. The summed E-state index contributed by atoms with van der Waals surface area (Å²) in [5.74, 6) is 0.158. The number of nitrogens with one attached hydrogen (secondary N) is 1. The van der Waals surface area contributed by atoms with Crippen LogP contribution in [0.25, 0.3) is 0 Å². The number of unbranched alkanes of at least 4 members (excludes halogenated alkanes) is 3. The molecule has 0 unspecified atom stereocenters. The Labute approximate surface area is 87.8 Å². The van der Waals surface area contributed by atoms with E-state index in [0.29, 0.717) is 6.42 Å². The van der Waals surface area contributed by atoms with Gasteiger partial charge >= 0.3 is 0 Å². The van der Waals surface area contributed by atoms with Gasteiger partial charge in [-0.05, 0) is 26.2 Å². The van der Waals surface area contributed by atoms with Crippen LogP contribution in [0.1, 0.15) is 52.4 Å². The maximum Gasteiger partial charge on any atom is 0.220 e. The molecule has 0 aromatic rings. The van der Waals surface area contributed by atoms with Gasteiger partial charge in [0.05, 0.1) is 0 Å². The minimum Gasteiger partial charge on any atom is -0.356 e. The topological polar surface area (TPSA) is 29.1 Å². The normalized spacial score (nSPS) is 10.7. The quantitative estimate of drug-likeness (QED) is 0.470. The van der Waals surface area contributed by atoms with Gasteiger partial charge in [0.25, 0.3) is 0 Å². The Morgan fingerprint density at radius 2 is 1.86 bits per heavy atom. The lowest BCUT2D eigenvalue weighted by Gasteiger charge is -1.98. The van der Waals surface area contributed by atoms with Crippen molar-refractivity contribution in [3.63, 3.8) is 0 Å². The molecule has 2 heteroatoms. The third-order valence-corrected chi connectivity index (χ3v) is 2.05. The van der Waals surface area contributed by atoms with E-state index in [9.17, 15) is 4.79 Å². The summed E-state index contributed by atoms with van der Waals surface area (Å²) in [6.45, 7) is 4.89. The Kier molecular flexibility index (Phi) is 9.71. The summed E-state index contributed by atoms with van der Waals surface area (Å²) in [6.07, 6.45) is 10.8. The van der Waals surface area contributed by atoms with Crippen LogP contribution in [0.4, 0.5) is 0 Å². The van der Waals surface area contributed by atoms with Crippen LogP contribution in [-0.4, -0.2) is 12.5 Å². The molecule has 0 rings (SSSR count). The fraction of sp³-hybridized carbons (Fsp3) is 0.750. The molecule has 0 aliphatic heterocycles. The van der Waals surface area contributed by atoms with Crippen LogP contribution in [0, 0.1) is 0 Å². The van der Waals surface area contributed by atoms with Gasteiger partial charge in [0.15, 0.2) is 0 Å². The van der Waals surface area contributed by atoms with Crippen molar-refractivity contribution in [1.82, 2.24) is 5.32 Å². The summed E-state index contributed by atoms with van der Waals surface area (Å²) in [5, 5.41) is 2.78. The minimum atomic E-state index is 0.158. The highest BCUT2D eigenvalue weighted by atomic mass is 16.1. The van der Waals surface area contributed by atoms with Gasteiger partial charge in [-0.25, -0.2) is 0 Å². The molecule has 1 N–H and O–H groups in total. The highest BCUT2D eigenvalue weighted by molar-refractivity contribution is 5.75. The first kappa shape index (κ1) is 13.2. The molecule has 0 bridgehead atoms. The molecule has 0 saturated heterocycles. The second kappa shape index (κ2) is 10.3. The van der Waals surface area contributed by atoms with E-state index in [2.05, 4.69) is 24.4 Å². The predicted molar refractivity (Wildman–Crippen MR) is 61.2 cm³/mol. The van der Waals surface area contributed by atoms with E-state index in [1.54, 1.807) is 0 Å². The van der Waals surface area contributed by atoms with Gasteiger partial charge < -0.3 is 5.32 Å². The fourth-order valence-electron chi connectivity index (χ4n) is 1.25. The number of hydrogen-bond acceptors (Lipinski definition) is 1. The lowest BCUT2D eigenvalue weighted by Crippen LogP contribution is -2.21. The SMILES string of the molecule is CCCCC/C=C\CCC(=O)NCC. The van der Waals surface area contributed by atoms with Crippen molar-refractivity contribution in [2.24, 2.45) is 0 Å². The van der Waals surface area contributed by atoms with Crippen molar-refractivity contribution >= 4 is 5.91 Å². The van der Waals surface area contributed by atoms with Crippen LogP contribution in [0.3, 0.4) is 0 Å². The summed E-state index contributed by atoms with van der Waals surface area (Å²) in [6, 6.07) is 0.